The van der Waals surface area contributed by atoms with Crippen molar-refractivity contribution in [1.29, 1.82) is 0 Å². The van der Waals surface area contributed by atoms with Crippen LogP contribution in [-0.2, 0) is 50.0 Å². The van der Waals surface area contributed by atoms with Crippen molar-refractivity contribution in [2.45, 2.75) is 24.4 Å². The number of carbonyl (C=O) groups is 3. The molecule has 1 saturated heterocycles. The highest BCUT2D eigenvalue weighted by Gasteiger charge is 2.57. The summed E-state index contributed by atoms with van der Waals surface area (Å²) in [4.78, 5) is 40.6. The first-order valence-corrected chi connectivity index (χ1v) is 13.4. The van der Waals surface area contributed by atoms with Gasteiger partial charge < -0.3 is 19.4 Å². The van der Waals surface area contributed by atoms with Gasteiger partial charge in [-0.2, -0.15) is 0 Å². The number of aromatic nitrogens is 1. The first-order valence-electron chi connectivity index (χ1n) is 12.1. The molecule has 38 heavy (non-hydrogen) atoms. The summed E-state index contributed by atoms with van der Waals surface area (Å²) in [6.07, 6.45) is 1.90. The van der Waals surface area contributed by atoms with Crippen molar-refractivity contribution in [3.8, 4) is 5.75 Å². The van der Waals surface area contributed by atoms with Gasteiger partial charge in [-0.1, -0.05) is 42.5 Å². The van der Waals surface area contributed by atoms with Crippen LogP contribution in [0.3, 0.4) is 0 Å². The van der Waals surface area contributed by atoms with Crippen molar-refractivity contribution < 1.29 is 28.1 Å². The van der Waals surface area contributed by atoms with Crippen molar-refractivity contribution in [3.05, 3.63) is 95.4 Å². The molecular weight excluding hydrogens is 506 g/mol. The number of hydrogen-bond acceptors (Lipinski definition) is 6. The molecule has 3 heterocycles. The molecule has 0 aliphatic carbocycles. The van der Waals surface area contributed by atoms with Crippen LogP contribution in [0.5, 0.6) is 5.75 Å². The third-order valence-electron chi connectivity index (χ3n) is 6.63. The van der Waals surface area contributed by atoms with Crippen LogP contribution < -0.4 is 10.1 Å². The Hall–Kier alpha value is -4.18. The van der Waals surface area contributed by atoms with Crippen LogP contribution in [0.25, 0.3) is 5.57 Å². The molecule has 3 aromatic rings. The average molecular weight is 534 g/mol. The van der Waals surface area contributed by atoms with E-state index >= 15 is 0 Å². The number of nitrogens with one attached hydrogen (secondary N) is 1. The van der Waals surface area contributed by atoms with Crippen molar-refractivity contribution in [3.63, 3.8) is 0 Å². The van der Waals surface area contributed by atoms with Gasteiger partial charge in [0.15, 0.2) is 0 Å². The number of β-lactam (4-membered cyclic amide) rings is 1. The van der Waals surface area contributed by atoms with Crippen LogP contribution in [-0.4, -0.2) is 55.7 Å². The maximum atomic E-state index is 13.4. The predicted octanol–water partition coefficient (Wildman–Crippen LogP) is 2.15. The highest BCUT2D eigenvalue weighted by molar-refractivity contribution is 7.86. The Morgan fingerprint density at radius 2 is 1.76 bits per heavy atom. The van der Waals surface area contributed by atoms with Crippen LogP contribution >= 0.6 is 0 Å². The molecular formula is C28H27N3O6S. The number of hydrogen-bond donors (Lipinski definition) is 1. The number of benzene rings is 2. The van der Waals surface area contributed by atoms with Gasteiger partial charge in [-0.15, -0.1) is 0 Å². The van der Waals surface area contributed by atoms with Gasteiger partial charge in [0.1, 0.15) is 29.5 Å². The van der Waals surface area contributed by atoms with Gasteiger partial charge in [-0.25, -0.2) is 4.79 Å². The molecule has 1 fully saturated rings. The second kappa shape index (κ2) is 10.7. The van der Waals surface area contributed by atoms with E-state index < -0.39 is 34.1 Å². The quantitative estimate of drug-likeness (QED) is 0.351. The minimum Gasteiger partial charge on any atom is -0.497 e. The number of carbonyl (C=O) groups excluding carboxylic acids is 3. The lowest BCUT2D eigenvalue weighted by molar-refractivity contribution is -0.153. The third kappa shape index (κ3) is 4.87. The molecule has 2 aliphatic heterocycles. The van der Waals surface area contributed by atoms with Gasteiger partial charge in [-0.05, 0) is 35.4 Å². The number of aryl methyl sites for hydroxylation is 1. The molecule has 1 aromatic heterocycles. The molecule has 2 aliphatic rings. The monoisotopic (exact) mass is 533 g/mol. The smallest absolute Gasteiger partial charge is 0.355 e. The molecule has 196 valence electrons. The van der Waals surface area contributed by atoms with Crippen LogP contribution in [0.1, 0.15) is 16.8 Å². The second-order valence-corrected chi connectivity index (χ2v) is 10.6. The zero-order valence-corrected chi connectivity index (χ0v) is 21.8. The highest BCUT2D eigenvalue weighted by atomic mass is 32.2. The van der Waals surface area contributed by atoms with Crippen molar-refractivity contribution >= 4 is 34.2 Å². The maximum absolute atomic E-state index is 13.4. The molecule has 0 saturated carbocycles. The summed E-state index contributed by atoms with van der Waals surface area (Å²) >= 11 is 0. The zero-order valence-electron chi connectivity index (χ0n) is 21.0. The van der Waals surface area contributed by atoms with Gasteiger partial charge in [0.2, 0.25) is 5.91 Å². The molecule has 2 aromatic carbocycles. The number of ether oxygens (including phenoxy) is 2. The summed E-state index contributed by atoms with van der Waals surface area (Å²) in [5.41, 5.74) is 2.74. The van der Waals surface area contributed by atoms with E-state index in [9.17, 15) is 18.6 Å². The second-order valence-electron chi connectivity index (χ2n) is 9.09. The minimum absolute atomic E-state index is 0.0141. The van der Waals surface area contributed by atoms with Gasteiger partial charge in [0.05, 0.1) is 30.1 Å². The Kier molecular flexibility index (Phi) is 7.15. The van der Waals surface area contributed by atoms with Crippen molar-refractivity contribution in [2.75, 3.05) is 12.9 Å². The molecule has 3 atom stereocenters. The first-order chi connectivity index (χ1) is 18.4. The lowest BCUT2D eigenvalue weighted by Crippen LogP contribution is -2.73. The fourth-order valence-corrected chi connectivity index (χ4v) is 6.35. The number of nitrogens with zero attached hydrogens (tertiary/aromatic N) is 2. The molecule has 0 bridgehead atoms. The Morgan fingerprint density at radius 1 is 1.03 bits per heavy atom. The summed E-state index contributed by atoms with van der Waals surface area (Å²) in [6.45, 7) is -0.0141. The summed E-state index contributed by atoms with van der Waals surface area (Å²) in [6, 6.07) is 18.9. The predicted molar refractivity (Wildman–Crippen MR) is 141 cm³/mol. The van der Waals surface area contributed by atoms with Crippen LogP contribution in [0.2, 0.25) is 0 Å². The van der Waals surface area contributed by atoms with E-state index in [1.54, 1.807) is 42.0 Å². The summed E-state index contributed by atoms with van der Waals surface area (Å²) in [5, 5.41) is 1.87. The molecule has 2 amide bonds. The Morgan fingerprint density at radius 3 is 2.42 bits per heavy atom. The summed E-state index contributed by atoms with van der Waals surface area (Å²) in [7, 11) is 1.83. The number of methoxy groups -OCH3 is 1. The van der Waals surface area contributed by atoms with E-state index in [1.807, 2.05) is 49.6 Å². The molecule has 5 rings (SSSR count). The van der Waals surface area contributed by atoms with Crippen molar-refractivity contribution in [2.24, 2.45) is 7.05 Å². The lowest BCUT2D eigenvalue weighted by Gasteiger charge is -2.49. The zero-order chi connectivity index (χ0) is 26.8. The van der Waals surface area contributed by atoms with Gasteiger partial charge >= 0.3 is 5.97 Å². The van der Waals surface area contributed by atoms with Gasteiger partial charge in [-0.3, -0.25) is 18.7 Å². The third-order valence-corrected chi connectivity index (χ3v) is 8.22. The molecule has 10 heteroatoms. The standard InChI is InChI=1S/C28H27N3O6S/c1-30-14-6-9-22(30)21-17-38(35)27-24(29-23(32)15-18-7-4-3-5-8-18)26(33)31(27)25(21)28(34)37-16-19-10-12-20(36-2)13-11-19/h3-14,24,27H,15-17H2,1-2H3,(H,29,32)/t24-,27-,38+/m1/s1. The fraction of sp³-hybridized carbons (Fsp3) is 0.250. The van der Waals surface area contributed by atoms with E-state index in [2.05, 4.69) is 5.32 Å². The largest absolute Gasteiger partial charge is 0.497 e. The molecule has 9 nitrogen and oxygen atoms in total. The molecule has 1 N–H and O–H groups in total. The van der Waals surface area contributed by atoms with Crippen LogP contribution in [0.4, 0.5) is 0 Å². The molecule has 0 unspecified atom stereocenters. The topological polar surface area (TPSA) is 107 Å². The van der Waals surface area contributed by atoms with E-state index in [0.717, 1.165) is 11.1 Å². The van der Waals surface area contributed by atoms with E-state index in [4.69, 9.17) is 9.47 Å². The lowest BCUT2D eigenvalue weighted by atomic mass is 10.0. The number of rotatable bonds is 8. The van der Waals surface area contributed by atoms with Crippen LogP contribution in [0.15, 0.2) is 78.6 Å². The minimum atomic E-state index is -1.55. The molecule has 0 radical (unpaired) electrons. The van der Waals surface area contributed by atoms with E-state index in [-0.39, 0.29) is 30.4 Å². The Balaban J connectivity index is 1.39. The van der Waals surface area contributed by atoms with E-state index in [0.29, 0.717) is 17.0 Å². The number of esters is 1. The summed E-state index contributed by atoms with van der Waals surface area (Å²) in [5.74, 6) is -0.816. The SMILES string of the molecule is COc1ccc(COC(=O)C2=C(c3cccn3C)C[S@](=O)[C@@H]3[C@H](NC(=O)Cc4ccccc4)C(=O)N23)cc1. The summed E-state index contributed by atoms with van der Waals surface area (Å²) < 4.78 is 25.9. The fourth-order valence-electron chi connectivity index (χ4n) is 4.68. The number of amides is 2. The Labute approximate surface area is 222 Å². The maximum Gasteiger partial charge on any atom is 0.355 e. The molecule has 0 spiro atoms. The van der Waals surface area contributed by atoms with Gasteiger partial charge in [0.25, 0.3) is 5.91 Å². The average Bonchev–Trinajstić information content (AvgIpc) is 3.36. The normalized spacial score (nSPS) is 20.4. The van der Waals surface area contributed by atoms with E-state index in [1.165, 1.54) is 4.90 Å². The number of fused-ring (bicyclic) bond motifs is 1. The van der Waals surface area contributed by atoms with Crippen molar-refractivity contribution in [1.82, 2.24) is 14.8 Å². The first kappa shape index (κ1) is 25.5. The highest BCUT2D eigenvalue weighted by Crippen LogP contribution is 2.39. The van der Waals surface area contributed by atoms with Crippen LogP contribution in [0, 0.1) is 0 Å². The van der Waals surface area contributed by atoms with Gasteiger partial charge in [0, 0.05) is 24.5 Å². The Bertz CT molecular complexity index is 1430.